The first-order chi connectivity index (χ1) is 14.4. The van der Waals surface area contributed by atoms with Crippen molar-refractivity contribution < 1.29 is 14.4 Å². The van der Waals surface area contributed by atoms with Gasteiger partial charge >= 0.3 is 11.8 Å². The van der Waals surface area contributed by atoms with Crippen LogP contribution >= 0.6 is 0 Å². The number of nitrogens with one attached hydrogen (secondary N) is 2. The van der Waals surface area contributed by atoms with Gasteiger partial charge in [0.2, 0.25) is 5.78 Å². The minimum absolute atomic E-state index is 0.153. The van der Waals surface area contributed by atoms with Gasteiger partial charge in [-0.15, -0.1) is 0 Å². The number of aromatic nitrogens is 2. The number of aryl methyl sites for hydroxylation is 2. The fourth-order valence-electron chi connectivity index (χ4n) is 3.03. The van der Waals surface area contributed by atoms with Crippen LogP contribution in [0.25, 0.3) is 0 Å². The van der Waals surface area contributed by atoms with E-state index in [-0.39, 0.29) is 11.8 Å². The van der Waals surface area contributed by atoms with Crippen molar-refractivity contribution in [1.29, 1.82) is 0 Å². The largest absolute Gasteiger partial charge is 0.345 e. The molecule has 0 aliphatic heterocycles. The van der Waals surface area contributed by atoms with Crippen LogP contribution in [0.4, 0.5) is 5.69 Å². The van der Waals surface area contributed by atoms with E-state index in [4.69, 9.17) is 0 Å². The molecule has 7 nitrogen and oxygen atoms in total. The Bertz CT molecular complexity index is 1040. The number of benzene rings is 2. The number of nitrogens with zero attached hydrogens (tertiary/aromatic N) is 2. The van der Waals surface area contributed by atoms with Gasteiger partial charge in [0.05, 0.1) is 0 Å². The van der Waals surface area contributed by atoms with E-state index in [2.05, 4.69) is 15.6 Å². The predicted octanol–water partition coefficient (Wildman–Crippen LogP) is 2.73. The van der Waals surface area contributed by atoms with Gasteiger partial charge < -0.3 is 15.2 Å². The highest BCUT2D eigenvalue weighted by atomic mass is 16.2. The highest BCUT2D eigenvalue weighted by Gasteiger charge is 2.18. The standard InChI is InChI=1S/C23H24N4O3/c1-16(11-12-17-7-4-3-5-8-17)25-22(29)23(30)26-19-10-6-9-18(15-19)20(28)21-24-13-14-27(21)2/h3-10,13-16H,11-12H2,1-2H3,(H,25,29)(H,26,30). The molecule has 0 fully saturated rings. The first kappa shape index (κ1) is 21.0. The normalized spacial score (nSPS) is 11.5. The van der Waals surface area contributed by atoms with Crippen molar-refractivity contribution >= 4 is 23.3 Å². The van der Waals surface area contributed by atoms with E-state index in [1.54, 1.807) is 42.2 Å². The molecule has 2 aromatic carbocycles. The van der Waals surface area contributed by atoms with E-state index in [9.17, 15) is 14.4 Å². The van der Waals surface area contributed by atoms with Crippen molar-refractivity contribution in [3.63, 3.8) is 0 Å². The van der Waals surface area contributed by atoms with Crippen LogP contribution in [0.15, 0.2) is 67.0 Å². The Labute approximate surface area is 175 Å². The third kappa shape index (κ3) is 5.41. The minimum atomic E-state index is -0.775. The van der Waals surface area contributed by atoms with Crippen molar-refractivity contribution in [2.24, 2.45) is 7.05 Å². The summed E-state index contributed by atoms with van der Waals surface area (Å²) in [5, 5.41) is 5.25. The molecule has 0 spiro atoms. The lowest BCUT2D eigenvalue weighted by Crippen LogP contribution is -2.40. The number of hydrogen-bond acceptors (Lipinski definition) is 4. The Kier molecular flexibility index (Phi) is 6.75. The molecule has 7 heteroatoms. The summed E-state index contributed by atoms with van der Waals surface area (Å²) in [6, 6.07) is 16.2. The van der Waals surface area contributed by atoms with Crippen molar-refractivity contribution in [3.8, 4) is 0 Å². The van der Waals surface area contributed by atoms with Crippen LogP contribution in [-0.2, 0) is 23.1 Å². The number of ketones is 1. The number of hydrogen-bond donors (Lipinski definition) is 2. The van der Waals surface area contributed by atoms with Crippen LogP contribution in [0.3, 0.4) is 0 Å². The summed E-state index contributed by atoms with van der Waals surface area (Å²) in [6.07, 6.45) is 4.75. The zero-order valence-electron chi connectivity index (χ0n) is 17.0. The first-order valence-electron chi connectivity index (χ1n) is 9.72. The molecule has 0 saturated heterocycles. The summed E-state index contributed by atoms with van der Waals surface area (Å²) in [5.74, 6) is -1.46. The number of amides is 2. The number of anilines is 1. The summed E-state index contributed by atoms with van der Waals surface area (Å²) in [7, 11) is 1.73. The molecule has 0 radical (unpaired) electrons. The van der Waals surface area contributed by atoms with E-state index >= 15 is 0 Å². The molecule has 0 saturated carbocycles. The van der Waals surface area contributed by atoms with Crippen molar-refractivity contribution in [3.05, 3.63) is 83.9 Å². The minimum Gasteiger partial charge on any atom is -0.345 e. The maximum Gasteiger partial charge on any atom is 0.313 e. The van der Waals surface area contributed by atoms with Gasteiger partial charge in [0.15, 0.2) is 5.82 Å². The summed E-state index contributed by atoms with van der Waals surface area (Å²) in [5.41, 5.74) is 1.92. The summed E-state index contributed by atoms with van der Waals surface area (Å²) < 4.78 is 1.62. The van der Waals surface area contributed by atoms with E-state index in [1.165, 1.54) is 11.6 Å². The quantitative estimate of drug-likeness (QED) is 0.468. The fraction of sp³-hybridized carbons (Fsp3) is 0.217. The average molecular weight is 404 g/mol. The maximum atomic E-state index is 12.6. The smallest absolute Gasteiger partial charge is 0.313 e. The first-order valence-corrected chi connectivity index (χ1v) is 9.72. The lowest BCUT2D eigenvalue weighted by atomic mass is 10.1. The van der Waals surface area contributed by atoms with Gasteiger partial charge in [0.1, 0.15) is 0 Å². The third-order valence-electron chi connectivity index (χ3n) is 4.70. The van der Waals surface area contributed by atoms with E-state index < -0.39 is 11.8 Å². The summed E-state index contributed by atoms with van der Waals surface area (Å²) in [4.78, 5) is 41.1. The van der Waals surface area contributed by atoms with Crippen LogP contribution in [0, 0.1) is 0 Å². The molecule has 2 N–H and O–H groups in total. The molecule has 1 aromatic heterocycles. The van der Waals surface area contributed by atoms with Gasteiger partial charge in [-0.1, -0.05) is 42.5 Å². The summed E-state index contributed by atoms with van der Waals surface area (Å²) >= 11 is 0. The second-order valence-electron chi connectivity index (χ2n) is 7.12. The van der Waals surface area contributed by atoms with Gasteiger partial charge in [-0.05, 0) is 37.5 Å². The molecule has 3 aromatic rings. The summed E-state index contributed by atoms with van der Waals surface area (Å²) in [6.45, 7) is 1.86. The second kappa shape index (κ2) is 9.65. The van der Waals surface area contributed by atoms with Crippen LogP contribution in [0.5, 0.6) is 0 Å². The molecule has 1 atom stereocenters. The second-order valence-corrected chi connectivity index (χ2v) is 7.12. The zero-order chi connectivity index (χ0) is 21.5. The van der Waals surface area contributed by atoms with Gasteiger partial charge in [0.25, 0.3) is 0 Å². The predicted molar refractivity (Wildman–Crippen MR) is 114 cm³/mol. The van der Waals surface area contributed by atoms with Crippen molar-refractivity contribution in [2.75, 3.05) is 5.32 Å². The molecule has 154 valence electrons. The average Bonchev–Trinajstić information content (AvgIpc) is 3.18. The van der Waals surface area contributed by atoms with Gasteiger partial charge in [-0.2, -0.15) is 0 Å². The third-order valence-corrected chi connectivity index (χ3v) is 4.70. The van der Waals surface area contributed by atoms with Crippen LogP contribution in [-0.4, -0.2) is 33.2 Å². The van der Waals surface area contributed by atoms with E-state index in [0.29, 0.717) is 17.1 Å². The van der Waals surface area contributed by atoms with Gasteiger partial charge in [-0.3, -0.25) is 14.4 Å². The Hall–Kier alpha value is -3.74. The molecule has 0 bridgehead atoms. The number of imidazole rings is 1. The van der Waals surface area contributed by atoms with E-state index in [0.717, 1.165) is 12.8 Å². The van der Waals surface area contributed by atoms with Crippen LogP contribution in [0.1, 0.15) is 35.1 Å². The van der Waals surface area contributed by atoms with Gasteiger partial charge in [-0.25, -0.2) is 4.98 Å². The molecule has 1 unspecified atom stereocenters. The number of carbonyl (C=O) groups excluding carboxylic acids is 3. The molecular formula is C23H24N4O3. The van der Waals surface area contributed by atoms with E-state index in [1.807, 2.05) is 37.3 Å². The molecule has 30 heavy (non-hydrogen) atoms. The lowest BCUT2D eigenvalue weighted by Gasteiger charge is -2.14. The topological polar surface area (TPSA) is 93.1 Å². The molecule has 0 aliphatic rings. The highest BCUT2D eigenvalue weighted by molar-refractivity contribution is 6.39. The Morgan fingerprint density at radius 3 is 2.50 bits per heavy atom. The maximum absolute atomic E-state index is 12.6. The lowest BCUT2D eigenvalue weighted by molar-refractivity contribution is -0.136. The number of rotatable bonds is 7. The molecule has 3 rings (SSSR count). The Balaban J connectivity index is 1.55. The highest BCUT2D eigenvalue weighted by Crippen LogP contribution is 2.14. The fourth-order valence-corrected chi connectivity index (χ4v) is 3.03. The Morgan fingerprint density at radius 2 is 1.80 bits per heavy atom. The zero-order valence-corrected chi connectivity index (χ0v) is 17.0. The van der Waals surface area contributed by atoms with Crippen molar-refractivity contribution in [1.82, 2.24) is 14.9 Å². The molecule has 2 amide bonds. The SMILES string of the molecule is CC(CCc1ccccc1)NC(=O)C(=O)Nc1cccc(C(=O)c2nccn2C)c1. The van der Waals surface area contributed by atoms with Gasteiger partial charge in [0, 0.05) is 36.7 Å². The van der Waals surface area contributed by atoms with Crippen LogP contribution in [0.2, 0.25) is 0 Å². The molecule has 1 heterocycles. The molecular weight excluding hydrogens is 380 g/mol. The Morgan fingerprint density at radius 1 is 1.03 bits per heavy atom. The van der Waals surface area contributed by atoms with Crippen LogP contribution < -0.4 is 10.6 Å². The van der Waals surface area contributed by atoms with Crippen molar-refractivity contribution in [2.45, 2.75) is 25.8 Å². The number of carbonyl (C=O) groups is 3. The monoisotopic (exact) mass is 404 g/mol. The molecule has 0 aliphatic carbocycles.